The first kappa shape index (κ1) is 33.0. The van der Waals surface area contributed by atoms with E-state index in [1.54, 1.807) is 0 Å². The first-order valence-corrected chi connectivity index (χ1v) is 16.1. The first-order valence-electron chi connectivity index (χ1n) is 16.1. The zero-order valence-electron chi connectivity index (χ0n) is 23.8. The SMILES string of the molecule is [CH2]CCC(CCCCCCCCCCCCC)CCCCCCCCCCCCCCCC. The van der Waals surface area contributed by atoms with E-state index >= 15 is 0 Å². The van der Waals surface area contributed by atoms with Gasteiger partial charge in [0.15, 0.2) is 0 Å². The van der Waals surface area contributed by atoms with Crippen LogP contribution in [0.2, 0.25) is 0 Å². The van der Waals surface area contributed by atoms with E-state index in [9.17, 15) is 0 Å². The Hall–Kier alpha value is 0. The number of unbranched alkanes of at least 4 members (excludes halogenated alkanes) is 23. The van der Waals surface area contributed by atoms with Gasteiger partial charge in [0.25, 0.3) is 0 Å². The van der Waals surface area contributed by atoms with Gasteiger partial charge in [-0.15, -0.1) is 0 Å². The predicted octanol–water partition coefficient (Wildman–Crippen LogP) is 12.8. The molecule has 0 aromatic rings. The molecule has 0 heteroatoms. The second kappa shape index (κ2) is 30.0. The molecule has 0 aliphatic carbocycles. The van der Waals surface area contributed by atoms with Crippen LogP contribution in [-0.4, -0.2) is 0 Å². The molecule has 0 heterocycles. The average Bonchev–Trinajstić information content (AvgIpc) is 2.82. The maximum atomic E-state index is 4.15. The van der Waals surface area contributed by atoms with Crippen LogP contribution in [0.25, 0.3) is 0 Å². The highest BCUT2D eigenvalue weighted by atomic mass is 14.1. The molecule has 199 valence electrons. The van der Waals surface area contributed by atoms with E-state index in [0.717, 1.165) is 12.3 Å². The fraction of sp³-hybridized carbons (Fsp3) is 0.970. The summed E-state index contributed by atoms with van der Waals surface area (Å²) < 4.78 is 0. The van der Waals surface area contributed by atoms with Crippen molar-refractivity contribution >= 4 is 0 Å². The second-order valence-corrected chi connectivity index (χ2v) is 11.2. The lowest BCUT2D eigenvalue weighted by atomic mass is 9.90. The highest BCUT2D eigenvalue weighted by Gasteiger charge is 2.07. The largest absolute Gasteiger partial charge is 0.0654 e. The summed E-state index contributed by atoms with van der Waals surface area (Å²) in [7, 11) is 0. The van der Waals surface area contributed by atoms with Crippen LogP contribution in [0.5, 0.6) is 0 Å². The molecule has 0 N–H and O–H groups in total. The topological polar surface area (TPSA) is 0 Å². The molecule has 0 rings (SSSR count). The summed E-state index contributed by atoms with van der Waals surface area (Å²) in [4.78, 5) is 0. The normalized spacial score (nSPS) is 12.5. The smallest absolute Gasteiger partial charge is 0.0414 e. The summed E-state index contributed by atoms with van der Waals surface area (Å²) in [6.45, 7) is 8.76. The van der Waals surface area contributed by atoms with Crippen LogP contribution in [-0.2, 0) is 0 Å². The van der Waals surface area contributed by atoms with Crippen molar-refractivity contribution in [1.29, 1.82) is 0 Å². The molecule has 0 fully saturated rings. The Morgan fingerprint density at radius 3 is 0.818 bits per heavy atom. The number of hydrogen-bond acceptors (Lipinski definition) is 0. The summed E-state index contributed by atoms with van der Waals surface area (Å²) >= 11 is 0. The zero-order valence-corrected chi connectivity index (χ0v) is 23.8. The minimum Gasteiger partial charge on any atom is -0.0654 e. The highest BCUT2D eigenvalue weighted by molar-refractivity contribution is 4.62. The third-order valence-electron chi connectivity index (χ3n) is 7.79. The molecular weight excluding hydrogens is 396 g/mol. The van der Waals surface area contributed by atoms with Crippen molar-refractivity contribution in [2.75, 3.05) is 0 Å². The molecule has 1 radical (unpaired) electrons. The lowest BCUT2D eigenvalue weighted by Gasteiger charge is -2.16. The summed E-state index contributed by atoms with van der Waals surface area (Å²) in [5, 5.41) is 0. The lowest BCUT2D eigenvalue weighted by Crippen LogP contribution is -2.00. The fourth-order valence-corrected chi connectivity index (χ4v) is 5.45. The fourth-order valence-electron chi connectivity index (χ4n) is 5.45. The molecule has 0 saturated carbocycles. The Morgan fingerprint density at radius 1 is 0.333 bits per heavy atom. The summed E-state index contributed by atoms with van der Waals surface area (Å²) in [5.41, 5.74) is 0. The van der Waals surface area contributed by atoms with E-state index in [1.807, 2.05) is 0 Å². The molecule has 0 aromatic carbocycles. The molecule has 1 unspecified atom stereocenters. The lowest BCUT2D eigenvalue weighted by molar-refractivity contribution is 0.381. The molecule has 0 nitrogen and oxygen atoms in total. The van der Waals surface area contributed by atoms with Gasteiger partial charge in [-0.1, -0.05) is 207 Å². The Balaban J connectivity index is 3.37. The van der Waals surface area contributed by atoms with Crippen molar-refractivity contribution < 1.29 is 0 Å². The summed E-state index contributed by atoms with van der Waals surface area (Å²) in [6.07, 6.45) is 42.1. The van der Waals surface area contributed by atoms with E-state index in [0.29, 0.717) is 0 Å². The summed E-state index contributed by atoms with van der Waals surface area (Å²) in [5.74, 6) is 0.971. The molecule has 0 spiro atoms. The van der Waals surface area contributed by atoms with Crippen molar-refractivity contribution in [2.24, 2.45) is 5.92 Å². The van der Waals surface area contributed by atoms with Gasteiger partial charge in [0.05, 0.1) is 0 Å². The van der Waals surface area contributed by atoms with Gasteiger partial charge >= 0.3 is 0 Å². The second-order valence-electron chi connectivity index (χ2n) is 11.2. The van der Waals surface area contributed by atoms with Crippen LogP contribution in [0.15, 0.2) is 0 Å². The van der Waals surface area contributed by atoms with Gasteiger partial charge in [-0.3, -0.25) is 0 Å². The molecular formula is C33H67. The monoisotopic (exact) mass is 464 g/mol. The molecule has 0 aromatic heterocycles. The number of hydrogen-bond donors (Lipinski definition) is 0. The van der Waals surface area contributed by atoms with Crippen molar-refractivity contribution in [2.45, 2.75) is 200 Å². The minimum atomic E-state index is 0.971. The Labute approximate surface area is 212 Å². The molecule has 0 bridgehead atoms. The summed E-state index contributed by atoms with van der Waals surface area (Å²) in [6, 6.07) is 0. The van der Waals surface area contributed by atoms with E-state index in [2.05, 4.69) is 20.8 Å². The molecule has 0 aliphatic heterocycles. The van der Waals surface area contributed by atoms with Gasteiger partial charge in [-0.2, -0.15) is 0 Å². The highest BCUT2D eigenvalue weighted by Crippen LogP contribution is 2.23. The van der Waals surface area contributed by atoms with Crippen LogP contribution in [0.3, 0.4) is 0 Å². The van der Waals surface area contributed by atoms with Crippen LogP contribution in [0.4, 0.5) is 0 Å². The minimum absolute atomic E-state index is 0.971. The average molecular weight is 464 g/mol. The molecule has 0 saturated heterocycles. The Kier molecular flexibility index (Phi) is 30.0. The van der Waals surface area contributed by atoms with Crippen LogP contribution in [0, 0.1) is 12.8 Å². The van der Waals surface area contributed by atoms with Crippen LogP contribution >= 0.6 is 0 Å². The van der Waals surface area contributed by atoms with Gasteiger partial charge in [0.2, 0.25) is 0 Å². The Morgan fingerprint density at radius 2 is 0.576 bits per heavy atom. The molecule has 1 atom stereocenters. The zero-order chi connectivity index (χ0) is 24.1. The van der Waals surface area contributed by atoms with E-state index in [1.165, 1.54) is 180 Å². The van der Waals surface area contributed by atoms with E-state index in [-0.39, 0.29) is 0 Å². The van der Waals surface area contributed by atoms with Crippen LogP contribution in [0.1, 0.15) is 200 Å². The van der Waals surface area contributed by atoms with Crippen molar-refractivity contribution in [3.8, 4) is 0 Å². The van der Waals surface area contributed by atoms with Gasteiger partial charge in [0, 0.05) is 0 Å². The van der Waals surface area contributed by atoms with Gasteiger partial charge in [-0.25, -0.2) is 0 Å². The van der Waals surface area contributed by atoms with Crippen LogP contribution < -0.4 is 0 Å². The van der Waals surface area contributed by atoms with E-state index < -0.39 is 0 Å². The first-order chi connectivity index (χ1) is 16.3. The van der Waals surface area contributed by atoms with E-state index in [4.69, 9.17) is 0 Å². The Bertz CT molecular complexity index is 320. The van der Waals surface area contributed by atoms with Gasteiger partial charge in [0.1, 0.15) is 0 Å². The maximum Gasteiger partial charge on any atom is -0.0414 e. The van der Waals surface area contributed by atoms with Gasteiger partial charge in [-0.05, 0) is 5.92 Å². The molecule has 0 amide bonds. The quantitative estimate of drug-likeness (QED) is 0.0967. The third kappa shape index (κ3) is 28.1. The number of rotatable bonds is 29. The van der Waals surface area contributed by atoms with Crippen molar-refractivity contribution in [3.63, 3.8) is 0 Å². The molecule has 0 aliphatic rings. The predicted molar refractivity (Wildman–Crippen MR) is 154 cm³/mol. The third-order valence-corrected chi connectivity index (χ3v) is 7.79. The molecule has 33 heavy (non-hydrogen) atoms. The van der Waals surface area contributed by atoms with Crippen molar-refractivity contribution in [1.82, 2.24) is 0 Å². The van der Waals surface area contributed by atoms with Gasteiger partial charge < -0.3 is 0 Å². The maximum absolute atomic E-state index is 4.15. The van der Waals surface area contributed by atoms with Crippen molar-refractivity contribution in [3.05, 3.63) is 6.92 Å². The standard InChI is InChI=1S/C33H67/c1-4-7-9-11-13-15-17-18-19-21-23-25-27-29-32-33(30-6-3)31-28-26-24-22-20-16-14-12-10-8-5-2/h33H,3-32H2,1-2H3.